The molecule has 4 rings (SSSR count). The van der Waals surface area contributed by atoms with Gasteiger partial charge < -0.3 is 10.2 Å². The number of fused-ring (bicyclic) bond motifs is 1. The Morgan fingerprint density at radius 2 is 1.75 bits per heavy atom. The Morgan fingerprint density at radius 1 is 1.07 bits per heavy atom. The van der Waals surface area contributed by atoms with E-state index in [-0.39, 0.29) is 11.4 Å². The van der Waals surface area contributed by atoms with Crippen molar-refractivity contribution in [3.63, 3.8) is 0 Å². The maximum absolute atomic E-state index is 13.5. The van der Waals surface area contributed by atoms with E-state index in [2.05, 4.69) is 22.3 Å². The zero-order valence-electron chi connectivity index (χ0n) is 16.0. The molecule has 0 atom stereocenters. The summed E-state index contributed by atoms with van der Waals surface area (Å²) in [5.41, 5.74) is 2.56. The second kappa shape index (κ2) is 7.51. The lowest BCUT2D eigenvalue weighted by Crippen LogP contribution is -2.52. The number of rotatable bonds is 2. The summed E-state index contributed by atoms with van der Waals surface area (Å²) in [7, 11) is 1.85. The van der Waals surface area contributed by atoms with Gasteiger partial charge in [-0.1, -0.05) is 18.2 Å². The molecule has 0 aromatic heterocycles. The highest BCUT2D eigenvalue weighted by atomic mass is 19.1. The first kappa shape index (κ1) is 18.9. The lowest BCUT2D eigenvalue weighted by molar-refractivity contribution is -0.132. The van der Waals surface area contributed by atoms with E-state index >= 15 is 0 Å². The maximum Gasteiger partial charge on any atom is 0.224 e. The van der Waals surface area contributed by atoms with Gasteiger partial charge in [0.25, 0.3) is 0 Å². The summed E-state index contributed by atoms with van der Waals surface area (Å²) >= 11 is 0. The fraction of sp³-hybridized carbons (Fsp3) is 0.409. The molecule has 0 saturated carbocycles. The monoisotopic (exact) mass is 385 g/mol. The van der Waals surface area contributed by atoms with Crippen molar-refractivity contribution in [1.29, 1.82) is 0 Å². The van der Waals surface area contributed by atoms with E-state index in [1.165, 1.54) is 12.1 Å². The van der Waals surface area contributed by atoms with Gasteiger partial charge in [0.15, 0.2) is 0 Å². The van der Waals surface area contributed by atoms with E-state index in [9.17, 15) is 13.6 Å². The highest BCUT2D eigenvalue weighted by molar-refractivity contribution is 5.79. The van der Waals surface area contributed by atoms with Gasteiger partial charge in [-0.25, -0.2) is 8.78 Å². The summed E-state index contributed by atoms with van der Waals surface area (Å²) in [5.74, 6) is -0.950. The van der Waals surface area contributed by atoms with E-state index in [0.29, 0.717) is 25.1 Å². The second-order valence-electron chi connectivity index (χ2n) is 8.04. The second-order valence-corrected chi connectivity index (χ2v) is 8.04. The Labute approximate surface area is 164 Å². The molecule has 2 aliphatic rings. The Morgan fingerprint density at radius 3 is 2.46 bits per heavy atom. The average molecular weight is 385 g/mol. The summed E-state index contributed by atoms with van der Waals surface area (Å²) in [6.07, 6.45) is 2.07. The van der Waals surface area contributed by atoms with Crippen molar-refractivity contribution < 1.29 is 13.6 Å². The van der Waals surface area contributed by atoms with Crippen LogP contribution in [0.1, 0.15) is 30.4 Å². The number of para-hydroxylation sites is 1. The van der Waals surface area contributed by atoms with Crippen molar-refractivity contribution in [3.8, 4) is 0 Å². The third-order valence-corrected chi connectivity index (χ3v) is 5.88. The number of hydrogen-bond acceptors (Lipinski definition) is 3. The van der Waals surface area contributed by atoms with E-state index < -0.39 is 11.6 Å². The van der Waals surface area contributed by atoms with Crippen molar-refractivity contribution in [2.75, 3.05) is 25.5 Å². The fourth-order valence-electron chi connectivity index (χ4n) is 4.28. The number of piperidine rings is 1. The number of benzene rings is 2. The van der Waals surface area contributed by atoms with Crippen molar-refractivity contribution in [2.45, 2.75) is 37.9 Å². The third kappa shape index (κ3) is 4.02. The van der Waals surface area contributed by atoms with Crippen LogP contribution in [0, 0.1) is 11.6 Å². The van der Waals surface area contributed by atoms with Crippen molar-refractivity contribution in [2.24, 2.45) is 0 Å². The summed E-state index contributed by atoms with van der Waals surface area (Å²) in [6.45, 7) is 2.65. The van der Waals surface area contributed by atoms with Gasteiger partial charge in [0.2, 0.25) is 5.91 Å². The highest BCUT2D eigenvalue weighted by Gasteiger charge is 2.38. The van der Waals surface area contributed by atoms with Gasteiger partial charge in [0.05, 0.1) is 0 Å². The number of hydrogen-bond donors (Lipinski definition) is 1. The molecule has 0 bridgehead atoms. The Hall–Kier alpha value is -2.47. The van der Waals surface area contributed by atoms with Crippen LogP contribution >= 0.6 is 0 Å². The van der Waals surface area contributed by atoms with Gasteiger partial charge >= 0.3 is 0 Å². The molecule has 148 valence electrons. The Balaban J connectivity index is 1.50. The Kier molecular flexibility index (Phi) is 5.06. The quantitative estimate of drug-likeness (QED) is 0.855. The number of carbonyl (C=O) groups excluding carboxylic acids is 1. The molecule has 2 heterocycles. The van der Waals surface area contributed by atoms with Gasteiger partial charge in [-0.15, -0.1) is 0 Å². The standard InChI is InChI=1S/C22H25F2N3O/c1-26-15-17-4-2-3-5-20(17)25-22(13-21(26)28)6-8-27(9-7-22)14-16-10-18(23)12-19(24)11-16/h2-5,10-12,25H,6-9,13-15H2,1H3. The molecule has 0 radical (unpaired) electrons. The molecule has 0 aliphatic carbocycles. The van der Waals surface area contributed by atoms with Gasteiger partial charge in [0.1, 0.15) is 11.6 Å². The number of halogens is 2. The molecule has 2 aliphatic heterocycles. The minimum atomic E-state index is -0.546. The van der Waals surface area contributed by atoms with Crippen LogP contribution in [-0.2, 0) is 17.9 Å². The highest BCUT2D eigenvalue weighted by Crippen LogP contribution is 2.34. The lowest BCUT2D eigenvalue weighted by Gasteiger charge is -2.45. The fourth-order valence-corrected chi connectivity index (χ4v) is 4.28. The van der Waals surface area contributed by atoms with E-state index in [0.717, 1.165) is 43.2 Å². The van der Waals surface area contributed by atoms with Crippen molar-refractivity contribution >= 4 is 11.6 Å². The van der Waals surface area contributed by atoms with Gasteiger partial charge in [0, 0.05) is 56.9 Å². The molecule has 1 amide bonds. The molecule has 0 unspecified atom stereocenters. The summed E-state index contributed by atoms with van der Waals surface area (Å²) in [5, 5.41) is 3.67. The smallest absolute Gasteiger partial charge is 0.224 e. The van der Waals surface area contributed by atoms with Gasteiger partial charge in [-0.05, 0) is 42.2 Å². The molecule has 1 N–H and O–H groups in total. The predicted molar refractivity (Wildman–Crippen MR) is 105 cm³/mol. The molecule has 28 heavy (non-hydrogen) atoms. The van der Waals surface area contributed by atoms with Gasteiger partial charge in [-0.2, -0.15) is 0 Å². The van der Waals surface area contributed by atoms with Crippen LogP contribution < -0.4 is 5.32 Å². The molecule has 2 aromatic rings. The van der Waals surface area contributed by atoms with E-state index in [4.69, 9.17) is 0 Å². The third-order valence-electron chi connectivity index (χ3n) is 5.88. The van der Waals surface area contributed by atoms with Crippen LogP contribution in [0.15, 0.2) is 42.5 Å². The number of nitrogens with zero attached hydrogens (tertiary/aromatic N) is 2. The number of likely N-dealkylation sites (tertiary alicyclic amines) is 1. The van der Waals surface area contributed by atoms with Crippen LogP contribution in [0.5, 0.6) is 0 Å². The molecule has 1 spiro atoms. The first-order valence-electron chi connectivity index (χ1n) is 9.70. The lowest BCUT2D eigenvalue weighted by atomic mass is 9.82. The predicted octanol–water partition coefficient (Wildman–Crippen LogP) is 3.77. The maximum atomic E-state index is 13.5. The summed E-state index contributed by atoms with van der Waals surface area (Å²) in [6, 6.07) is 11.8. The molecule has 1 saturated heterocycles. The number of nitrogens with one attached hydrogen (secondary N) is 1. The number of anilines is 1. The van der Waals surface area contributed by atoms with Crippen LogP contribution in [0.3, 0.4) is 0 Å². The van der Waals surface area contributed by atoms with Crippen LogP contribution in [0.4, 0.5) is 14.5 Å². The summed E-state index contributed by atoms with van der Waals surface area (Å²) < 4.78 is 26.9. The van der Waals surface area contributed by atoms with E-state index in [1.807, 2.05) is 19.2 Å². The normalized spacial score (nSPS) is 19.7. The van der Waals surface area contributed by atoms with Gasteiger partial charge in [-0.3, -0.25) is 9.69 Å². The average Bonchev–Trinajstić information content (AvgIpc) is 2.63. The van der Waals surface area contributed by atoms with Crippen LogP contribution in [0.25, 0.3) is 0 Å². The first-order chi connectivity index (χ1) is 13.4. The summed E-state index contributed by atoms with van der Waals surface area (Å²) in [4.78, 5) is 16.7. The van der Waals surface area contributed by atoms with Crippen LogP contribution in [0.2, 0.25) is 0 Å². The zero-order chi connectivity index (χ0) is 19.7. The molecule has 2 aromatic carbocycles. The molecular formula is C22H25F2N3O. The molecule has 6 heteroatoms. The Bertz CT molecular complexity index is 858. The minimum absolute atomic E-state index is 0.141. The van der Waals surface area contributed by atoms with Crippen LogP contribution in [-0.4, -0.2) is 41.4 Å². The molecular weight excluding hydrogens is 360 g/mol. The zero-order valence-corrected chi connectivity index (χ0v) is 16.0. The molecule has 4 nitrogen and oxygen atoms in total. The van der Waals surface area contributed by atoms with Crippen molar-refractivity contribution in [1.82, 2.24) is 9.80 Å². The number of carbonyl (C=O) groups is 1. The van der Waals surface area contributed by atoms with E-state index in [1.54, 1.807) is 4.90 Å². The number of amides is 1. The minimum Gasteiger partial charge on any atom is -0.379 e. The molecule has 1 fully saturated rings. The largest absolute Gasteiger partial charge is 0.379 e. The first-order valence-corrected chi connectivity index (χ1v) is 9.70. The topological polar surface area (TPSA) is 35.6 Å². The van der Waals surface area contributed by atoms with Crippen molar-refractivity contribution in [3.05, 3.63) is 65.2 Å². The SMILES string of the molecule is CN1Cc2ccccc2NC2(CCN(Cc3cc(F)cc(F)c3)CC2)CC1=O.